The highest BCUT2D eigenvalue weighted by atomic mass is 16.5. The summed E-state index contributed by atoms with van der Waals surface area (Å²) in [6, 6.07) is 11.9. The van der Waals surface area contributed by atoms with Gasteiger partial charge in [-0.1, -0.05) is 0 Å². The predicted molar refractivity (Wildman–Crippen MR) is 118 cm³/mol. The Morgan fingerprint density at radius 3 is 2.69 bits per heavy atom. The van der Waals surface area contributed by atoms with E-state index >= 15 is 0 Å². The standard InChI is InChI=1S/C23H24N4O5/c1-26(22(30)16-4-6-17(7-5-16)32-13-20(28)29)14-23(31)9-12-27(15-23)19-8-11-24-18-3-2-10-25-21(18)19/h2-8,10-11,31H,9,12-15H2,1H3,(H,28,29)/t23-/m0/s1. The van der Waals surface area contributed by atoms with E-state index in [4.69, 9.17) is 9.84 Å². The summed E-state index contributed by atoms with van der Waals surface area (Å²) in [4.78, 5) is 35.8. The molecule has 0 unspecified atom stereocenters. The fourth-order valence-corrected chi connectivity index (χ4v) is 3.98. The minimum atomic E-state index is -1.07. The second kappa shape index (κ2) is 8.80. The molecule has 32 heavy (non-hydrogen) atoms. The average molecular weight is 436 g/mol. The van der Waals surface area contributed by atoms with E-state index in [1.165, 1.54) is 4.90 Å². The quantitative estimate of drug-likeness (QED) is 0.576. The third-order valence-corrected chi connectivity index (χ3v) is 5.49. The number of pyridine rings is 2. The number of rotatable bonds is 7. The molecule has 1 fully saturated rings. The van der Waals surface area contributed by atoms with Crippen LogP contribution in [0.3, 0.4) is 0 Å². The third-order valence-electron chi connectivity index (χ3n) is 5.49. The molecule has 1 aromatic carbocycles. The molecule has 3 aromatic rings. The van der Waals surface area contributed by atoms with Crippen molar-refractivity contribution in [1.29, 1.82) is 0 Å². The number of aliphatic carboxylic acids is 1. The monoisotopic (exact) mass is 436 g/mol. The van der Waals surface area contributed by atoms with Gasteiger partial charge in [0, 0.05) is 38.1 Å². The van der Waals surface area contributed by atoms with E-state index in [2.05, 4.69) is 14.9 Å². The molecule has 1 saturated heterocycles. The second-order valence-electron chi connectivity index (χ2n) is 7.97. The van der Waals surface area contributed by atoms with Gasteiger partial charge in [-0.2, -0.15) is 0 Å². The Morgan fingerprint density at radius 2 is 1.94 bits per heavy atom. The zero-order valence-electron chi connectivity index (χ0n) is 17.6. The zero-order chi connectivity index (χ0) is 22.7. The number of hydrogen-bond acceptors (Lipinski definition) is 7. The minimum Gasteiger partial charge on any atom is -0.482 e. The number of carboxylic acid groups (broad SMARTS) is 1. The Kier molecular flexibility index (Phi) is 5.91. The van der Waals surface area contributed by atoms with Gasteiger partial charge in [0.2, 0.25) is 0 Å². The molecule has 2 N–H and O–H groups in total. The molecule has 1 amide bonds. The van der Waals surface area contributed by atoms with Crippen LogP contribution in [0.4, 0.5) is 5.69 Å². The number of ether oxygens (including phenoxy) is 1. The lowest BCUT2D eigenvalue weighted by molar-refractivity contribution is -0.139. The van der Waals surface area contributed by atoms with Gasteiger partial charge in [0.1, 0.15) is 16.9 Å². The average Bonchev–Trinajstić information content (AvgIpc) is 3.18. The predicted octanol–water partition coefficient (Wildman–Crippen LogP) is 1.81. The molecule has 0 bridgehead atoms. The van der Waals surface area contributed by atoms with E-state index in [-0.39, 0.29) is 12.5 Å². The van der Waals surface area contributed by atoms with Gasteiger partial charge in [0.15, 0.2) is 6.61 Å². The van der Waals surface area contributed by atoms with Crippen LogP contribution in [0.15, 0.2) is 54.9 Å². The molecule has 0 saturated carbocycles. The van der Waals surface area contributed by atoms with Crippen LogP contribution in [0.5, 0.6) is 5.75 Å². The van der Waals surface area contributed by atoms with Gasteiger partial charge >= 0.3 is 5.97 Å². The van der Waals surface area contributed by atoms with Crippen molar-refractivity contribution >= 4 is 28.6 Å². The van der Waals surface area contributed by atoms with Crippen molar-refractivity contribution in [2.24, 2.45) is 0 Å². The van der Waals surface area contributed by atoms with Gasteiger partial charge in [-0.3, -0.25) is 14.8 Å². The third kappa shape index (κ3) is 4.62. The van der Waals surface area contributed by atoms with Crippen molar-refractivity contribution < 1.29 is 24.5 Å². The van der Waals surface area contributed by atoms with Crippen LogP contribution < -0.4 is 9.64 Å². The number of aromatic nitrogens is 2. The number of carbonyl (C=O) groups is 2. The van der Waals surface area contributed by atoms with Gasteiger partial charge in [0.05, 0.1) is 17.7 Å². The fourth-order valence-electron chi connectivity index (χ4n) is 3.98. The first kappa shape index (κ1) is 21.5. The maximum Gasteiger partial charge on any atom is 0.341 e. The highest BCUT2D eigenvalue weighted by molar-refractivity contribution is 5.94. The topological polar surface area (TPSA) is 116 Å². The fraction of sp³-hybridized carbons (Fsp3) is 0.304. The van der Waals surface area contributed by atoms with Crippen molar-refractivity contribution in [3.8, 4) is 5.75 Å². The SMILES string of the molecule is CN(C[C@@]1(O)CCN(c2ccnc3cccnc23)C1)C(=O)c1ccc(OCC(=O)O)cc1. The number of carboxylic acids is 1. The number of fused-ring (bicyclic) bond motifs is 1. The smallest absolute Gasteiger partial charge is 0.341 e. The molecule has 9 heteroatoms. The molecule has 4 rings (SSSR count). The van der Waals surface area contributed by atoms with Crippen LogP contribution in [-0.2, 0) is 4.79 Å². The van der Waals surface area contributed by atoms with Crippen LogP contribution in [0.2, 0.25) is 0 Å². The van der Waals surface area contributed by atoms with Crippen LogP contribution in [0.25, 0.3) is 11.0 Å². The summed E-state index contributed by atoms with van der Waals surface area (Å²) in [7, 11) is 1.65. The Bertz CT molecular complexity index is 1130. The van der Waals surface area contributed by atoms with E-state index in [9.17, 15) is 14.7 Å². The number of anilines is 1. The summed E-state index contributed by atoms with van der Waals surface area (Å²) in [5, 5.41) is 19.9. The number of benzene rings is 1. The van der Waals surface area contributed by atoms with Crippen molar-refractivity contribution in [2.75, 3.05) is 38.2 Å². The summed E-state index contributed by atoms with van der Waals surface area (Å²) in [5.41, 5.74) is 1.87. The molecule has 9 nitrogen and oxygen atoms in total. The molecule has 0 aliphatic carbocycles. The lowest BCUT2D eigenvalue weighted by atomic mass is 10.0. The first-order valence-corrected chi connectivity index (χ1v) is 10.2. The Balaban J connectivity index is 1.41. The number of nitrogens with zero attached hydrogens (tertiary/aromatic N) is 4. The summed E-state index contributed by atoms with van der Waals surface area (Å²) in [6.07, 6.45) is 3.97. The van der Waals surface area contributed by atoms with Crippen molar-refractivity contribution in [3.05, 3.63) is 60.4 Å². The first-order chi connectivity index (χ1) is 15.3. The lowest BCUT2D eigenvalue weighted by Crippen LogP contribution is -2.45. The molecule has 0 spiro atoms. The molecule has 0 radical (unpaired) electrons. The molecular formula is C23H24N4O5. The van der Waals surface area contributed by atoms with Crippen molar-refractivity contribution in [2.45, 2.75) is 12.0 Å². The summed E-state index contributed by atoms with van der Waals surface area (Å²) >= 11 is 0. The normalized spacial score (nSPS) is 18.0. The van der Waals surface area contributed by atoms with Crippen LogP contribution >= 0.6 is 0 Å². The largest absolute Gasteiger partial charge is 0.482 e. The molecule has 3 heterocycles. The van der Waals surface area contributed by atoms with Crippen LogP contribution in [-0.4, -0.2) is 75.8 Å². The number of likely N-dealkylation sites (N-methyl/N-ethyl adjacent to an activating group) is 1. The van der Waals surface area contributed by atoms with Gasteiger partial charge < -0.3 is 24.7 Å². The van der Waals surface area contributed by atoms with Gasteiger partial charge in [-0.15, -0.1) is 0 Å². The number of amides is 1. The highest BCUT2D eigenvalue weighted by Crippen LogP contribution is 2.31. The second-order valence-corrected chi connectivity index (χ2v) is 7.97. The molecule has 1 aliphatic heterocycles. The lowest BCUT2D eigenvalue weighted by Gasteiger charge is -2.29. The Morgan fingerprint density at radius 1 is 1.16 bits per heavy atom. The van der Waals surface area contributed by atoms with Crippen molar-refractivity contribution in [3.63, 3.8) is 0 Å². The molecule has 166 valence electrons. The van der Waals surface area contributed by atoms with Crippen molar-refractivity contribution in [1.82, 2.24) is 14.9 Å². The Hall–Kier alpha value is -3.72. The first-order valence-electron chi connectivity index (χ1n) is 10.2. The maximum atomic E-state index is 12.8. The van der Waals surface area contributed by atoms with Gasteiger partial charge in [-0.05, 0) is 48.9 Å². The van der Waals surface area contributed by atoms with E-state index < -0.39 is 18.2 Å². The highest BCUT2D eigenvalue weighted by Gasteiger charge is 2.38. The van der Waals surface area contributed by atoms with Crippen LogP contribution in [0, 0.1) is 0 Å². The Labute approximate surface area is 184 Å². The summed E-state index contributed by atoms with van der Waals surface area (Å²) < 4.78 is 5.09. The van der Waals surface area contributed by atoms with Crippen LogP contribution in [0.1, 0.15) is 16.8 Å². The molecule has 1 aliphatic rings. The maximum absolute atomic E-state index is 12.8. The van der Waals surface area contributed by atoms with E-state index in [0.717, 1.165) is 16.7 Å². The van der Waals surface area contributed by atoms with E-state index in [1.54, 1.807) is 43.7 Å². The number of aliphatic hydroxyl groups is 1. The molecule has 1 atom stereocenters. The number of β-amino-alcohol motifs (C(OH)–C–C–N with tert-alkyl or cyclic N) is 1. The molecule has 2 aromatic heterocycles. The minimum absolute atomic E-state index is 0.177. The van der Waals surface area contributed by atoms with E-state index in [0.29, 0.717) is 30.8 Å². The number of hydrogen-bond donors (Lipinski definition) is 2. The summed E-state index contributed by atoms with van der Waals surface area (Å²) in [5.74, 6) is -0.938. The molecular weight excluding hydrogens is 412 g/mol. The van der Waals surface area contributed by atoms with Gasteiger partial charge in [-0.25, -0.2) is 4.79 Å². The van der Waals surface area contributed by atoms with Gasteiger partial charge in [0.25, 0.3) is 5.91 Å². The summed E-state index contributed by atoms with van der Waals surface area (Å²) in [6.45, 7) is 0.751. The van der Waals surface area contributed by atoms with E-state index in [1.807, 2.05) is 18.2 Å². The zero-order valence-corrected chi connectivity index (χ0v) is 17.6. The number of carbonyl (C=O) groups excluding carboxylic acids is 1.